The van der Waals surface area contributed by atoms with Gasteiger partial charge in [-0.2, -0.15) is 0 Å². The zero-order valence-corrected chi connectivity index (χ0v) is 20.6. The van der Waals surface area contributed by atoms with Gasteiger partial charge < -0.3 is 9.74 Å². The summed E-state index contributed by atoms with van der Waals surface area (Å²) >= 11 is 0. The van der Waals surface area contributed by atoms with Gasteiger partial charge in [-0.05, 0) is 62.1 Å². The number of oxime groups is 1. The van der Waals surface area contributed by atoms with E-state index < -0.39 is 11.6 Å². The van der Waals surface area contributed by atoms with Gasteiger partial charge in [-0.1, -0.05) is 37.2 Å². The van der Waals surface area contributed by atoms with Gasteiger partial charge in [0.15, 0.2) is 0 Å². The fourth-order valence-corrected chi connectivity index (χ4v) is 4.44. The third-order valence-corrected chi connectivity index (χ3v) is 6.46. The van der Waals surface area contributed by atoms with Crippen LogP contribution in [0.4, 0.5) is 8.78 Å². The first-order chi connectivity index (χ1) is 16.7. The van der Waals surface area contributed by atoms with E-state index in [1.165, 1.54) is 18.2 Å². The minimum atomic E-state index is -0.743. The van der Waals surface area contributed by atoms with Gasteiger partial charge in [0.05, 0.1) is 5.69 Å². The molecule has 1 aliphatic rings. The molecule has 7 heteroatoms. The van der Waals surface area contributed by atoms with Crippen molar-refractivity contribution in [3.63, 3.8) is 0 Å². The van der Waals surface area contributed by atoms with Crippen molar-refractivity contribution in [2.75, 3.05) is 20.1 Å². The van der Waals surface area contributed by atoms with Crippen LogP contribution in [-0.2, 0) is 4.84 Å². The molecule has 5 nitrogen and oxygen atoms in total. The summed E-state index contributed by atoms with van der Waals surface area (Å²) in [6, 6.07) is 12.3. The topological polar surface area (TPSA) is 46.8 Å². The maximum absolute atomic E-state index is 14.9. The lowest BCUT2D eigenvalue weighted by molar-refractivity contribution is 0.0163. The Hall–Kier alpha value is -3.32. The number of benzene rings is 2. The largest absolute Gasteiger partial charge is 0.392 e. The van der Waals surface area contributed by atoms with Crippen LogP contribution in [0, 0.1) is 18.6 Å². The summed E-state index contributed by atoms with van der Waals surface area (Å²) in [6.45, 7) is 7.87. The summed E-state index contributed by atoms with van der Waals surface area (Å²) in [4.78, 5) is 21.0. The van der Waals surface area contributed by atoms with Crippen LogP contribution in [0.15, 0.2) is 64.7 Å². The molecule has 0 bridgehead atoms. The zero-order valence-electron chi connectivity index (χ0n) is 20.6. The van der Waals surface area contributed by atoms with Crippen LogP contribution in [-0.4, -0.2) is 41.4 Å². The van der Waals surface area contributed by atoms with E-state index in [0.29, 0.717) is 5.56 Å². The fourth-order valence-electron chi connectivity index (χ4n) is 4.44. The van der Waals surface area contributed by atoms with Crippen LogP contribution in [0.5, 0.6) is 0 Å². The minimum absolute atomic E-state index is 0.0977. The molecule has 2 heterocycles. The van der Waals surface area contributed by atoms with E-state index in [1.54, 1.807) is 16.8 Å². The standard InChI is InChI=1S/C28H31F2N3O2/c1-18(2)23-7-5-6-19(3)28(23)33-17-20(8-11-26(33)34)27(24-10-9-21(29)16-25(24)30)31-35-22-12-14-32(4)15-13-22/h5-11,16-18,22H,12-15H2,1-4H3/b31-27-. The van der Waals surface area contributed by atoms with Gasteiger partial charge in [0.25, 0.3) is 5.56 Å². The summed E-state index contributed by atoms with van der Waals surface area (Å²) < 4.78 is 30.1. The molecule has 0 saturated carbocycles. The van der Waals surface area contributed by atoms with E-state index >= 15 is 0 Å². The highest BCUT2D eigenvalue weighted by Crippen LogP contribution is 2.26. The monoisotopic (exact) mass is 479 g/mol. The number of halogens is 2. The van der Waals surface area contributed by atoms with E-state index in [1.807, 2.05) is 25.1 Å². The molecule has 3 aromatic rings. The number of likely N-dealkylation sites (tertiary alicyclic amines) is 1. The highest BCUT2D eigenvalue weighted by atomic mass is 19.1. The number of aromatic nitrogens is 1. The van der Waals surface area contributed by atoms with Crippen molar-refractivity contribution in [3.8, 4) is 5.69 Å². The Morgan fingerprint density at radius 3 is 2.51 bits per heavy atom. The lowest BCUT2D eigenvalue weighted by Gasteiger charge is -2.27. The number of piperidine rings is 1. The maximum atomic E-state index is 14.9. The predicted octanol–water partition coefficient (Wildman–Crippen LogP) is 5.41. The molecule has 0 radical (unpaired) electrons. The lowest BCUT2D eigenvalue weighted by Crippen LogP contribution is -2.33. The van der Waals surface area contributed by atoms with Gasteiger partial charge in [-0.15, -0.1) is 0 Å². The highest BCUT2D eigenvalue weighted by Gasteiger charge is 2.21. The lowest BCUT2D eigenvalue weighted by atomic mass is 9.97. The smallest absolute Gasteiger partial charge is 0.255 e. The van der Waals surface area contributed by atoms with E-state index in [9.17, 15) is 13.6 Å². The molecule has 0 unspecified atom stereocenters. The van der Waals surface area contributed by atoms with Gasteiger partial charge in [0.2, 0.25) is 0 Å². The summed E-state index contributed by atoms with van der Waals surface area (Å²) in [7, 11) is 2.05. The second kappa shape index (κ2) is 10.5. The van der Waals surface area contributed by atoms with E-state index in [-0.39, 0.29) is 28.9 Å². The van der Waals surface area contributed by atoms with E-state index in [4.69, 9.17) is 4.84 Å². The van der Waals surface area contributed by atoms with Gasteiger partial charge >= 0.3 is 0 Å². The molecule has 1 aromatic heterocycles. The Morgan fingerprint density at radius 1 is 1.09 bits per heavy atom. The Bertz CT molecular complexity index is 1290. The molecule has 35 heavy (non-hydrogen) atoms. The molecule has 0 N–H and O–H groups in total. The molecular formula is C28H31F2N3O2. The van der Waals surface area contributed by atoms with Crippen LogP contribution in [0.3, 0.4) is 0 Å². The Kier molecular flexibility index (Phi) is 7.45. The van der Waals surface area contributed by atoms with E-state index in [0.717, 1.165) is 48.8 Å². The minimum Gasteiger partial charge on any atom is -0.392 e. The molecule has 2 aromatic carbocycles. The van der Waals surface area contributed by atoms with Crippen LogP contribution in [0.25, 0.3) is 5.69 Å². The summed E-state index contributed by atoms with van der Waals surface area (Å²) in [6.07, 6.45) is 3.18. The third-order valence-electron chi connectivity index (χ3n) is 6.46. The van der Waals surface area contributed by atoms with Crippen LogP contribution in [0.2, 0.25) is 0 Å². The number of nitrogens with zero attached hydrogens (tertiary/aromatic N) is 3. The first-order valence-corrected chi connectivity index (χ1v) is 12.0. The summed E-state index contributed by atoms with van der Waals surface area (Å²) in [5.74, 6) is -1.23. The van der Waals surface area contributed by atoms with Crippen molar-refractivity contribution in [3.05, 3.63) is 99.0 Å². The Morgan fingerprint density at radius 2 is 1.83 bits per heavy atom. The van der Waals surface area contributed by atoms with Gasteiger partial charge in [0.1, 0.15) is 23.5 Å². The normalized spacial score (nSPS) is 15.6. The second-order valence-corrected chi connectivity index (χ2v) is 9.47. The van der Waals surface area contributed by atoms with Crippen molar-refractivity contribution in [2.45, 2.75) is 45.6 Å². The second-order valence-electron chi connectivity index (χ2n) is 9.47. The molecule has 0 spiro atoms. The maximum Gasteiger partial charge on any atom is 0.255 e. The van der Waals surface area contributed by atoms with Crippen LogP contribution >= 0.6 is 0 Å². The van der Waals surface area contributed by atoms with Gasteiger partial charge in [-0.3, -0.25) is 9.36 Å². The SMILES string of the molecule is Cc1cccc(C(C)C)c1-n1cc(/C(=N/OC2CCN(C)CC2)c2ccc(F)cc2F)ccc1=O. The van der Waals surface area contributed by atoms with Crippen LogP contribution < -0.4 is 5.56 Å². The molecule has 0 atom stereocenters. The van der Waals surface area contributed by atoms with Gasteiger partial charge in [-0.25, -0.2) is 8.78 Å². The molecule has 184 valence electrons. The molecule has 0 aliphatic carbocycles. The van der Waals surface area contributed by atoms with Crippen molar-refractivity contribution in [2.24, 2.45) is 5.16 Å². The average molecular weight is 480 g/mol. The summed E-state index contributed by atoms with van der Waals surface area (Å²) in [5, 5.41) is 4.37. The number of aryl methyl sites for hydroxylation is 1. The average Bonchev–Trinajstić information content (AvgIpc) is 2.82. The number of para-hydroxylation sites is 1. The first-order valence-electron chi connectivity index (χ1n) is 12.0. The first kappa shape index (κ1) is 24.8. The third kappa shape index (κ3) is 5.51. The molecule has 1 fully saturated rings. The zero-order chi connectivity index (χ0) is 25.1. The van der Waals surface area contributed by atoms with Crippen molar-refractivity contribution in [1.82, 2.24) is 9.47 Å². The number of rotatable bonds is 6. The molecule has 1 aliphatic heterocycles. The Balaban J connectivity index is 1.83. The fraction of sp³-hybridized carbons (Fsp3) is 0.357. The molecule has 4 rings (SSSR count). The van der Waals surface area contributed by atoms with Crippen molar-refractivity contribution < 1.29 is 13.6 Å². The number of hydrogen-bond acceptors (Lipinski definition) is 4. The molecule has 1 saturated heterocycles. The number of hydrogen-bond donors (Lipinski definition) is 0. The quantitative estimate of drug-likeness (QED) is 0.351. The number of pyridine rings is 1. The Labute approximate surface area is 204 Å². The molecule has 0 amide bonds. The highest BCUT2D eigenvalue weighted by molar-refractivity contribution is 6.12. The van der Waals surface area contributed by atoms with Gasteiger partial charge in [0, 0.05) is 42.5 Å². The molecular weight excluding hydrogens is 448 g/mol. The predicted molar refractivity (Wildman–Crippen MR) is 134 cm³/mol. The van der Waals surface area contributed by atoms with Crippen LogP contribution in [0.1, 0.15) is 54.9 Å². The summed E-state index contributed by atoms with van der Waals surface area (Å²) in [5.41, 5.74) is 3.39. The van der Waals surface area contributed by atoms with E-state index in [2.05, 4.69) is 31.0 Å². The van der Waals surface area contributed by atoms with Crippen molar-refractivity contribution >= 4 is 5.71 Å². The van der Waals surface area contributed by atoms with Crippen molar-refractivity contribution in [1.29, 1.82) is 0 Å².